The van der Waals surface area contributed by atoms with E-state index in [4.69, 9.17) is 0 Å². The van der Waals surface area contributed by atoms with Crippen LogP contribution in [0.25, 0.3) is 0 Å². The number of hydrogen-bond acceptors (Lipinski definition) is 2. The third kappa shape index (κ3) is 8.02. The molecule has 0 aliphatic rings. The molecule has 0 bridgehead atoms. The molecule has 0 aliphatic heterocycles. The summed E-state index contributed by atoms with van der Waals surface area (Å²) in [5.74, 6) is 0.742. The van der Waals surface area contributed by atoms with E-state index in [9.17, 15) is 0 Å². The molecule has 0 heterocycles. The number of likely N-dealkylation sites (N-methyl/N-ethyl adjacent to an activating group) is 1. The van der Waals surface area contributed by atoms with Crippen LogP contribution in [0.2, 0.25) is 0 Å². The van der Waals surface area contributed by atoms with Gasteiger partial charge in [-0.1, -0.05) is 43.7 Å². The molecule has 108 valence electrons. The molecule has 0 unspecified atom stereocenters. The van der Waals surface area contributed by atoms with E-state index in [1.54, 1.807) is 0 Å². The highest BCUT2D eigenvalue weighted by molar-refractivity contribution is 5.22. The minimum absolute atomic E-state index is 0.742. The van der Waals surface area contributed by atoms with Crippen LogP contribution in [0.4, 0.5) is 0 Å². The van der Waals surface area contributed by atoms with Crippen molar-refractivity contribution in [1.82, 2.24) is 10.2 Å². The van der Waals surface area contributed by atoms with Gasteiger partial charge in [0.1, 0.15) is 0 Å². The molecule has 2 heteroatoms. The van der Waals surface area contributed by atoms with Crippen LogP contribution in [0.15, 0.2) is 24.3 Å². The summed E-state index contributed by atoms with van der Waals surface area (Å²) in [5.41, 5.74) is 2.83. The van der Waals surface area contributed by atoms with Crippen LogP contribution in [0.1, 0.15) is 31.4 Å². The number of aryl methyl sites for hydroxylation is 2. The Bertz CT molecular complexity index is 347. The van der Waals surface area contributed by atoms with Gasteiger partial charge in [0.2, 0.25) is 0 Å². The average molecular weight is 262 g/mol. The number of nitrogens with zero attached hydrogens (tertiary/aromatic N) is 1. The fourth-order valence-electron chi connectivity index (χ4n) is 2.19. The van der Waals surface area contributed by atoms with Gasteiger partial charge in [-0.15, -0.1) is 0 Å². The predicted molar refractivity (Wildman–Crippen MR) is 84.7 cm³/mol. The summed E-state index contributed by atoms with van der Waals surface area (Å²) < 4.78 is 0. The van der Waals surface area contributed by atoms with Crippen molar-refractivity contribution in [2.45, 2.75) is 33.6 Å². The van der Waals surface area contributed by atoms with Gasteiger partial charge in [0.15, 0.2) is 0 Å². The van der Waals surface area contributed by atoms with Crippen LogP contribution in [-0.4, -0.2) is 38.1 Å². The molecule has 0 atom stereocenters. The van der Waals surface area contributed by atoms with Crippen molar-refractivity contribution in [3.8, 4) is 0 Å². The third-order valence-electron chi connectivity index (χ3n) is 3.31. The molecule has 2 nitrogen and oxygen atoms in total. The first-order valence-corrected chi connectivity index (χ1v) is 7.52. The maximum absolute atomic E-state index is 3.49. The first kappa shape index (κ1) is 16.2. The first-order chi connectivity index (χ1) is 9.08. The zero-order valence-corrected chi connectivity index (χ0v) is 13.1. The van der Waals surface area contributed by atoms with E-state index in [0.29, 0.717) is 0 Å². The molecular formula is C17H30N2. The third-order valence-corrected chi connectivity index (χ3v) is 3.31. The highest BCUT2D eigenvalue weighted by Crippen LogP contribution is 2.06. The van der Waals surface area contributed by atoms with E-state index in [2.05, 4.69) is 62.3 Å². The van der Waals surface area contributed by atoms with Gasteiger partial charge in [-0.25, -0.2) is 0 Å². The lowest BCUT2D eigenvalue weighted by molar-refractivity contribution is 0.324. The lowest BCUT2D eigenvalue weighted by Gasteiger charge is -2.17. The molecular weight excluding hydrogens is 232 g/mol. The van der Waals surface area contributed by atoms with Crippen molar-refractivity contribution in [1.29, 1.82) is 0 Å². The Balaban J connectivity index is 2.08. The predicted octanol–water partition coefficient (Wildman–Crippen LogP) is 3.11. The van der Waals surface area contributed by atoms with Crippen molar-refractivity contribution in [3.05, 3.63) is 35.4 Å². The summed E-state index contributed by atoms with van der Waals surface area (Å²) in [4.78, 5) is 2.42. The maximum Gasteiger partial charge on any atom is 0.0104 e. The van der Waals surface area contributed by atoms with Crippen molar-refractivity contribution in [2.24, 2.45) is 5.92 Å². The molecule has 19 heavy (non-hydrogen) atoms. The van der Waals surface area contributed by atoms with Crippen LogP contribution in [0.5, 0.6) is 0 Å². The summed E-state index contributed by atoms with van der Waals surface area (Å²) in [7, 11) is 2.22. The van der Waals surface area contributed by atoms with Gasteiger partial charge in [-0.3, -0.25) is 0 Å². The normalized spacial score (nSPS) is 11.5. The standard InChI is InChI=1S/C17H30N2/c1-15(2)14-18-10-12-19(4)11-6-9-17-8-5-7-16(3)13-17/h5,7-8,13,15,18H,6,9-12,14H2,1-4H3. The lowest BCUT2D eigenvalue weighted by Crippen LogP contribution is -2.31. The van der Waals surface area contributed by atoms with Crippen LogP contribution < -0.4 is 5.32 Å². The SMILES string of the molecule is Cc1cccc(CCCN(C)CCNCC(C)C)c1. The topological polar surface area (TPSA) is 15.3 Å². The minimum Gasteiger partial charge on any atom is -0.315 e. The summed E-state index contributed by atoms with van der Waals surface area (Å²) in [6, 6.07) is 8.85. The monoisotopic (exact) mass is 262 g/mol. The highest BCUT2D eigenvalue weighted by atomic mass is 15.1. The van der Waals surface area contributed by atoms with Gasteiger partial charge in [-0.2, -0.15) is 0 Å². The molecule has 1 N–H and O–H groups in total. The van der Waals surface area contributed by atoms with E-state index in [-0.39, 0.29) is 0 Å². The van der Waals surface area contributed by atoms with Crippen LogP contribution in [-0.2, 0) is 6.42 Å². The fourth-order valence-corrected chi connectivity index (χ4v) is 2.19. The summed E-state index contributed by atoms with van der Waals surface area (Å²) in [6.07, 6.45) is 2.43. The minimum atomic E-state index is 0.742. The zero-order valence-electron chi connectivity index (χ0n) is 13.1. The van der Waals surface area contributed by atoms with Gasteiger partial charge in [-0.05, 0) is 51.4 Å². The van der Waals surface area contributed by atoms with E-state index in [0.717, 1.165) is 25.6 Å². The Kier molecular flexibility index (Phi) is 7.76. The molecule has 0 radical (unpaired) electrons. The first-order valence-electron chi connectivity index (χ1n) is 7.52. The van der Waals surface area contributed by atoms with Crippen LogP contribution in [0, 0.1) is 12.8 Å². The van der Waals surface area contributed by atoms with Gasteiger partial charge in [0, 0.05) is 13.1 Å². The number of benzene rings is 1. The summed E-state index contributed by atoms with van der Waals surface area (Å²) in [5, 5.41) is 3.49. The molecule has 0 aliphatic carbocycles. The second-order valence-electron chi connectivity index (χ2n) is 5.99. The number of hydrogen-bond donors (Lipinski definition) is 1. The lowest BCUT2D eigenvalue weighted by atomic mass is 10.1. The Morgan fingerprint density at radius 3 is 2.68 bits per heavy atom. The molecule has 0 saturated heterocycles. The van der Waals surface area contributed by atoms with E-state index in [1.165, 1.54) is 30.5 Å². The van der Waals surface area contributed by atoms with E-state index < -0.39 is 0 Å². The molecule has 0 fully saturated rings. The van der Waals surface area contributed by atoms with Gasteiger partial charge in [0.25, 0.3) is 0 Å². The van der Waals surface area contributed by atoms with Crippen molar-refractivity contribution >= 4 is 0 Å². The molecule has 0 amide bonds. The number of rotatable bonds is 9. The Morgan fingerprint density at radius 1 is 1.21 bits per heavy atom. The molecule has 1 aromatic rings. The van der Waals surface area contributed by atoms with Gasteiger partial charge < -0.3 is 10.2 Å². The smallest absolute Gasteiger partial charge is 0.0104 e. The Morgan fingerprint density at radius 2 is 2.00 bits per heavy atom. The zero-order chi connectivity index (χ0) is 14.1. The summed E-state index contributed by atoms with van der Waals surface area (Å²) >= 11 is 0. The molecule has 0 spiro atoms. The second-order valence-corrected chi connectivity index (χ2v) is 5.99. The van der Waals surface area contributed by atoms with Crippen LogP contribution >= 0.6 is 0 Å². The molecule has 1 aromatic carbocycles. The van der Waals surface area contributed by atoms with E-state index >= 15 is 0 Å². The Hall–Kier alpha value is -0.860. The Labute approximate surface area is 119 Å². The van der Waals surface area contributed by atoms with Gasteiger partial charge in [0.05, 0.1) is 0 Å². The highest BCUT2D eigenvalue weighted by Gasteiger charge is 2.00. The van der Waals surface area contributed by atoms with Crippen molar-refractivity contribution in [2.75, 3.05) is 33.2 Å². The summed E-state index contributed by atoms with van der Waals surface area (Å²) in [6.45, 7) is 11.2. The number of nitrogens with one attached hydrogen (secondary N) is 1. The van der Waals surface area contributed by atoms with E-state index in [1.807, 2.05) is 0 Å². The largest absolute Gasteiger partial charge is 0.315 e. The van der Waals surface area contributed by atoms with Crippen molar-refractivity contribution < 1.29 is 0 Å². The fraction of sp³-hybridized carbons (Fsp3) is 0.647. The van der Waals surface area contributed by atoms with Crippen molar-refractivity contribution in [3.63, 3.8) is 0 Å². The molecule has 0 saturated carbocycles. The average Bonchev–Trinajstić information content (AvgIpc) is 2.34. The quantitative estimate of drug-likeness (QED) is 0.688. The maximum atomic E-state index is 3.49. The second kappa shape index (κ2) is 9.11. The van der Waals surface area contributed by atoms with Gasteiger partial charge >= 0.3 is 0 Å². The molecule has 1 rings (SSSR count). The van der Waals surface area contributed by atoms with Crippen LogP contribution in [0.3, 0.4) is 0 Å². The molecule has 0 aromatic heterocycles.